The highest BCUT2D eigenvalue weighted by atomic mass is 79.9. The Morgan fingerprint density at radius 2 is 1.89 bits per heavy atom. The highest BCUT2D eigenvalue weighted by Crippen LogP contribution is 2.32. The van der Waals surface area contributed by atoms with Crippen LogP contribution >= 0.6 is 15.9 Å². The van der Waals surface area contributed by atoms with E-state index in [1.54, 1.807) is 29.9 Å². The molecule has 1 N–H and O–H groups in total. The minimum Gasteiger partial charge on any atom is -0.307 e. The van der Waals surface area contributed by atoms with Crippen LogP contribution in [0.15, 0.2) is 59.1 Å². The van der Waals surface area contributed by atoms with Crippen LogP contribution in [0.4, 0.5) is 11.5 Å². The summed E-state index contributed by atoms with van der Waals surface area (Å²) in [6.07, 6.45) is 2.70. The molecule has 0 aliphatic carbocycles. The quantitative estimate of drug-likeness (QED) is 0.353. The van der Waals surface area contributed by atoms with Gasteiger partial charge in [-0.15, -0.1) is 0 Å². The highest BCUT2D eigenvalue weighted by Gasteiger charge is 2.17. The molecule has 28 heavy (non-hydrogen) atoms. The minimum atomic E-state index is -0.478. The van der Waals surface area contributed by atoms with Gasteiger partial charge in [0.05, 0.1) is 16.2 Å². The van der Waals surface area contributed by atoms with Crippen molar-refractivity contribution in [3.63, 3.8) is 0 Å². The van der Waals surface area contributed by atoms with Crippen molar-refractivity contribution < 1.29 is 9.72 Å². The molecule has 8 heteroatoms. The minimum absolute atomic E-state index is 0.0570. The van der Waals surface area contributed by atoms with Crippen LogP contribution in [0.3, 0.4) is 0 Å². The Balaban J connectivity index is 1.87. The Bertz CT molecular complexity index is 1070. The van der Waals surface area contributed by atoms with Crippen molar-refractivity contribution in [1.29, 1.82) is 0 Å². The van der Waals surface area contributed by atoms with Crippen molar-refractivity contribution in [1.82, 2.24) is 9.78 Å². The fourth-order valence-electron chi connectivity index (χ4n) is 2.88. The number of nitrogens with zero attached hydrogens (tertiary/aromatic N) is 3. The van der Waals surface area contributed by atoms with Crippen LogP contribution in [0.1, 0.15) is 11.3 Å². The van der Waals surface area contributed by atoms with Gasteiger partial charge in [-0.3, -0.25) is 19.6 Å². The van der Waals surface area contributed by atoms with Gasteiger partial charge in [-0.1, -0.05) is 40.2 Å². The SMILES string of the molecule is Cc1nn(C)c(NC(=O)/C=C/c2ccccc2[N+](=O)[O-])c1-c1ccc(Br)cc1. The molecule has 2 aromatic carbocycles. The third kappa shape index (κ3) is 4.17. The third-order valence-corrected chi connectivity index (χ3v) is 4.67. The van der Waals surface area contributed by atoms with Gasteiger partial charge in [0.25, 0.3) is 5.69 Å². The first-order valence-corrected chi connectivity index (χ1v) is 9.18. The molecule has 0 radical (unpaired) electrons. The van der Waals surface area contributed by atoms with Crippen molar-refractivity contribution in [3.05, 3.63) is 80.5 Å². The second-order valence-electron chi connectivity index (χ2n) is 6.08. The van der Waals surface area contributed by atoms with Gasteiger partial charge < -0.3 is 5.32 Å². The third-order valence-electron chi connectivity index (χ3n) is 4.14. The molecule has 0 aliphatic rings. The summed E-state index contributed by atoms with van der Waals surface area (Å²) < 4.78 is 2.56. The second-order valence-corrected chi connectivity index (χ2v) is 6.99. The molecular formula is C20H17BrN4O3. The number of hydrogen-bond donors (Lipinski definition) is 1. The number of para-hydroxylation sites is 1. The van der Waals surface area contributed by atoms with E-state index in [-0.39, 0.29) is 5.69 Å². The van der Waals surface area contributed by atoms with Crippen molar-refractivity contribution in [2.24, 2.45) is 7.05 Å². The number of aromatic nitrogens is 2. The molecule has 0 fully saturated rings. The van der Waals surface area contributed by atoms with Gasteiger partial charge in [-0.25, -0.2) is 0 Å². The molecule has 3 aromatic rings. The van der Waals surface area contributed by atoms with E-state index in [2.05, 4.69) is 26.3 Å². The molecule has 1 heterocycles. The van der Waals surface area contributed by atoms with Gasteiger partial charge in [-0.05, 0) is 36.8 Å². The number of hydrogen-bond acceptors (Lipinski definition) is 4. The highest BCUT2D eigenvalue weighted by molar-refractivity contribution is 9.10. The summed E-state index contributed by atoms with van der Waals surface area (Å²) in [5.74, 6) is 0.150. The number of benzene rings is 2. The zero-order chi connectivity index (χ0) is 20.3. The molecule has 0 aliphatic heterocycles. The van der Waals surface area contributed by atoms with Gasteiger partial charge in [0.2, 0.25) is 5.91 Å². The maximum absolute atomic E-state index is 12.4. The van der Waals surface area contributed by atoms with E-state index in [1.807, 2.05) is 31.2 Å². The summed E-state index contributed by atoms with van der Waals surface area (Å²) in [7, 11) is 1.75. The first-order valence-electron chi connectivity index (χ1n) is 8.39. The van der Waals surface area contributed by atoms with Gasteiger partial charge in [0, 0.05) is 29.2 Å². The summed E-state index contributed by atoms with van der Waals surface area (Å²) in [6.45, 7) is 1.87. The molecule has 0 unspecified atom stereocenters. The Morgan fingerprint density at radius 1 is 1.21 bits per heavy atom. The number of halogens is 1. The number of anilines is 1. The summed E-state index contributed by atoms with van der Waals surface area (Å²) in [6, 6.07) is 14.0. The molecule has 3 rings (SSSR count). The lowest BCUT2D eigenvalue weighted by Gasteiger charge is -2.08. The van der Waals surface area contributed by atoms with Crippen LogP contribution in [0.5, 0.6) is 0 Å². The predicted octanol–water partition coefficient (Wildman–Crippen LogP) is 4.72. The van der Waals surface area contributed by atoms with Gasteiger partial charge in [-0.2, -0.15) is 5.10 Å². The lowest BCUT2D eigenvalue weighted by Crippen LogP contribution is -2.12. The normalized spacial score (nSPS) is 11.0. The van der Waals surface area contributed by atoms with E-state index in [9.17, 15) is 14.9 Å². The molecule has 142 valence electrons. The number of carbonyl (C=O) groups is 1. The van der Waals surface area contributed by atoms with E-state index in [4.69, 9.17) is 0 Å². The second kappa shape index (κ2) is 8.18. The molecule has 7 nitrogen and oxygen atoms in total. The first-order chi connectivity index (χ1) is 13.4. The smallest absolute Gasteiger partial charge is 0.276 e. The van der Waals surface area contributed by atoms with Gasteiger partial charge >= 0.3 is 0 Å². The summed E-state index contributed by atoms with van der Waals surface area (Å²) in [5.41, 5.74) is 2.83. The van der Waals surface area contributed by atoms with Crippen LogP contribution < -0.4 is 5.32 Å². The summed E-state index contributed by atoms with van der Waals surface area (Å²) in [5, 5.41) is 18.3. The van der Waals surface area contributed by atoms with Crippen LogP contribution in [-0.4, -0.2) is 20.6 Å². The molecular weight excluding hydrogens is 424 g/mol. The lowest BCUT2D eigenvalue weighted by atomic mass is 10.1. The summed E-state index contributed by atoms with van der Waals surface area (Å²) in [4.78, 5) is 23.1. The largest absolute Gasteiger partial charge is 0.307 e. The predicted molar refractivity (Wildman–Crippen MR) is 112 cm³/mol. The first kappa shape index (κ1) is 19.5. The average Bonchev–Trinajstić information content (AvgIpc) is 2.94. The molecule has 0 saturated heterocycles. The number of aryl methyl sites for hydroxylation is 2. The molecule has 0 spiro atoms. The fourth-order valence-corrected chi connectivity index (χ4v) is 3.15. The van der Waals surface area contributed by atoms with Crippen LogP contribution in [0, 0.1) is 17.0 Å². The van der Waals surface area contributed by atoms with Crippen molar-refractivity contribution >= 4 is 39.4 Å². The van der Waals surface area contributed by atoms with Crippen molar-refractivity contribution in [3.8, 4) is 11.1 Å². The summed E-state index contributed by atoms with van der Waals surface area (Å²) >= 11 is 3.41. The number of nitro groups is 1. The maximum Gasteiger partial charge on any atom is 0.276 e. The average molecular weight is 441 g/mol. The van der Waals surface area contributed by atoms with Crippen LogP contribution in [-0.2, 0) is 11.8 Å². The Morgan fingerprint density at radius 3 is 2.57 bits per heavy atom. The van der Waals surface area contributed by atoms with Gasteiger partial charge in [0.1, 0.15) is 5.82 Å². The zero-order valence-electron chi connectivity index (χ0n) is 15.2. The Hall–Kier alpha value is -3.26. The van der Waals surface area contributed by atoms with Crippen LogP contribution in [0.25, 0.3) is 17.2 Å². The zero-order valence-corrected chi connectivity index (χ0v) is 16.8. The number of nitrogens with one attached hydrogen (secondary N) is 1. The Labute approximate surface area is 170 Å². The standard InChI is InChI=1S/C20H17BrN4O3/c1-13-19(15-7-10-16(21)11-8-15)20(24(2)23-13)22-18(26)12-9-14-5-3-4-6-17(14)25(27)28/h3-12H,1-2H3,(H,22,26)/b12-9+. The van der Waals surface area contributed by atoms with E-state index < -0.39 is 10.8 Å². The molecule has 0 atom stereocenters. The topological polar surface area (TPSA) is 90.1 Å². The number of carbonyl (C=O) groups excluding carboxylic acids is 1. The Kier molecular flexibility index (Phi) is 5.70. The number of rotatable bonds is 5. The molecule has 1 amide bonds. The van der Waals surface area contributed by atoms with Crippen molar-refractivity contribution in [2.75, 3.05) is 5.32 Å². The lowest BCUT2D eigenvalue weighted by molar-refractivity contribution is -0.385. The van der Waals surface area contributed by atoms with E-state index in [1.165, 1.54) is 18.2 Å². The van der Waals surface area contributed by atoms with E-state index in [0.29, 0.717) is 11.4 Å². The van der Waals surface area contributed by atoms with E-state index in [0.717, 1.165) is 21.3 Å². The maximum atomic E-state index is 12.4. The molecule has 1 aromatic heterocycles. The van der Waals surface area contributed by atoms with Crippen LogP contribution in [0.2, 0.25) is 0 Å². The molecule has 0 saturated carbocycles. The van der Waals surface area contributed by atoms with Crippen molar-refractivity contribution in [2.45, 2.75) is 6.92 Å². The monoisotopic (exact) mass is 440 g/mol. The number of amides is 1. The van der Waals surface area contributed by atoms with Gasteiger partial charge in [0.15, 0.2) is 0 Å². The molecule has 0 bridgehead atoms. The number of nitro benzene ring substituents is 1. The fraction of sp³-hybridized carbons (Fsp3) is 0.100. The van der Waals surface area contributed by atoms with E-state index >= 15 is 0 Å².